The highest BCUT2D eigenvalue weighted by atomic mass is 31.2. The molecule has 0 aliphatic rings. The molecule has 4 nitrogen and oxygen atoms in total. The quantitative estimate of drug-likeness (QED) is 0.348. The number of hydrogen-bond donors (Lipinski definition) is 3. The summed E-state index contributed by atoms with van der Waals surface area (Å²) < 4.78 is 4.26. The molecule has 0 aromatic carbocycles. The van der Waals surface area contributed by atoms with Crippen LogP contribution in [0.25, 0.3) is 0 Å². The molecule has 0 fully saturated rings. The van der Waals surface area contributed by atoms with Crippen molar-refractivity contribution in [2.24, 2.45) is 0 Å². The second-order valence-corrected chi connectivity index (χ2v) is 1.64. The van der Waals surface area contributed by atoms with Gasteiger partial charge in [-0.1, -0.05) is 0 Å². The average molecular weight is 125 g/mol. The van der Waals surface area contributed by atoms with Crippen LogP contribution in [0, 0.1) is 0 Å². The van der Waals surface area contributed by atoms with E-state index in [1.54, 1.807) is 7.05 Å². The van der Waals surface area contributed by atoms with Gasteiger partial charge in [0.05, 0.1) is 0 Å². The molecule has 0 radical (unpaired) electrons. The van der Waals surface area contributed by atoms with Gasteiger partial charge in [0.25, 0.3) is 0 Å². The van der Waals surface area contributed by atoms with Gasteiger partial charge in [-0.15, -0.1) is 0 Å². The van der Waals surface area contributed by atoms with Gasteiger partial charge in [0.1, 0.15) is 6.73 Å². The highest BCUT2D eigenvalue weighted by Gasteiger charge is 1.93. The second-order valence-electron chi connectivity index (χ2n) is 0.880. The Balaban J connectivity index is 2.68. The van der Waals surface area contributed by atoms with Crippen LogP contribution in [0.15, 0.2) is 0 Å². The monoisotopic (exact) mass is 125 g/mol. The average Bonchev–Trinajstić information content (AvgIpc) is 1.61. The topological polar surface area (TPSA) is 61.7 Å². The van der Waals surface area contributed by atoms with Crippen molar-refractivity contribution in [3.8, 4) is 0 Å². The van der Waals surface area contributed by atoms with Gasteiger partial charge in [-0.25, -0.2) is 0 Å². The van der Waals surface area contributed by atoms with Crippen LogP contribution >= 0.6 is 8.60 Å². The van der Waals surface area contributed by atoms with Crippen molar-refractivity contribution in [1.82, 2.24) is 5.32 Å². The molecule has 5 heteroatoms. The Morgan fingerprint density at radius 1 is 1.71 bits per heavy atom. The fourth-order valence-corrected chi connectivity index (χ4v) is 0.367. The minimum absolute atomic E-state index is 0.179. The summed E-state index contributed by atoms with van der Waals surface area (Å²) in [7, 11) is -0.517. The zero-order valence-electron chi connectivity index (χ0n) is 3.96. The van der Waals surface area contributed by atoms with Crippen molar-refractivity contribution in [3.05, 3.63) is 0 Å². The molecule has 0 saturated heterocycles. The summed E-state index contributed by atoms with van der Waals surface area (Å²) in [5, 5.41) is 2.57. The third-order valence-electron chi connectivity index (χ3n) is 0.324. The lowest BCUT2D eigenvalue weighted by atomic mass is 11.2. The fraction of sp³-hybridized carbons (Fsp3) is 1.00. The van der Waals surface area contributed by atoms with Crippen molar-refractivity contribution in [1.29, 1.82) is 0 Å². The van der Waals surface area contributed by atoms with E-state index in [0.717, 1.165) is 0 Å². The molecule has 0 aliphatic carbocycles. The lowest BCUT2D eigenvalue weighted by Crippen LogP contribution is -2.08. The largest absolute Gasteiger partial charge is 0.328 e. The molecular formula is C2H8NO3P. The van der Waals surface area contributed by atoms with Gasteiger partial charge in [0.15, 0.2) is 0 Å². The first kappa shape index (κ1) is 7.27. The Hall–Kier alpha value is 0.270. The second kappa shape index (κ2) is 4.43. The highest BCUT2D eigenvalue weighted by Crippen LogP contribution is 2.22. The van der Waals surface area contributed by atoms with E-state index in [4.69, 9.17) is 9.79 Å². The van der Waals surface area contributed by atoms with Crippen molar-refractivity contribution >= 4 is 8.60 Å². The smallest absolute Gasteiger partial charge is 0.328 e. The SMILES string of the molecule is CNCOP(O)O. The Bertz CT molecular complexity index is 41.9. The van der Waals surface area contributed by atoms with Gasteiger partial charge < -0.3 is 9.79 Å². The molecule has 0 heterocycles. The van der Waals surface area contributed by atoms with Crippen molar-refractivity contribution in [2.75, 3.05) is 13.8 Å². The van der Waals surface area contributed by atoms with Gasteiger partial charge in [0, 0.05) is 0 Å². The van der Waals surface area contributed by atoms with Crippen LogP contribution in [0.5, 0.6) is 0 Å². The summed E-state index contributed by atoms with van der Waals surface area (Å²) >= 11 is 0. The Kier molecular flexibility index (Phi) is 4.60. The molecule has 0 aromatic heterocycles. The summed E-state index contributed by atoms with van der Waals surface area (Å²) in [6.45, 7) is 0.179. The highest BCUT2D eigenvalue weighted by molar-refractivity contribution is 7.39. The molecule has 0 unspecified atom stereocenters. The molecule has 0 aliphatic heterocycles. The number of nitrogens with one attached hydrogen (secondary N) is 1. The minimum Gasteiger partial charge on any atom is -0.328 e. The standard InChI is InChI=1S/C2H8NO3P/c1-3-2-6-7(4)5/h3-5H,2H2,1H3. The zero-order valence-corrected chi connectivity index (χ0v) is 4.85. The normalized spacial score (nSPS) is 10.3. The third kappa shape index (κ3) is 6.27. The molecule has 3 N–H and O–H groups in total. The predicted molar refractivity (Wildman–Crippen MR) is 26.4 cm³/mol. The maximum absolute atomic E-state index is 8.04. The maximum atomic E-state index is 8.04. The summed E-state index contributed by atoms with van der Waals surface area (Å²) in [4.78, 5) is 16.1. The summed E-state index contributed by atoms with van der Waals surface area (Å²) in [5.74, 6) is 0. The third-order valence-corrected chi connectivity index (χ3v) is 0.684. The van der Waals surface area contributed by atoms with E-state index in [-0.39, 0.29) is 6.73 Å². The van der Waals surface area contributed by atoms with Crippen molar-refractivity contribution in [2.45, 2.75) is 0 Å². The number of rotatable bonds is 3. The van der Waals surface area contributed by atoms with E-state index in [1.165, 1.54) is 0 Å². The molecule has 0 aromatic rings. The first-order valence-corrected chi connectivity index (χ1v) is 2.89. The van der Waals surface area contributed by atoms with E-state index >= 15 is 0 Å². The summed E-state index contributed by atoms with van der Waals surface area (Å²) in [5.41, 5.74) is 0. The molecule has 44 valence electrons. The molecule has 0 rings (SSSR count). The lowest BCUT2D eigenvalue weighted by Gasteiger charge is -1.99. The van der Waals surface area contributed by atoms with Crippen LogP contribution in [0.3, 0.4) is 0 Å². The Morgan fingerprint density at radius 3 is 2.43 bits per heavy atom. The Morgan fingerprint density at radius 2 is 2.29 bits per heavy atom. The van der Waals surface area contributed by atoms with Gasteiger partial charge in [0.2, 0.25) is 0 Å². The van der Waals surface area contributed by atoms with Gasteiger partial charge in [-0.2, -0.15) is 0 Å². The van der Waals surface area contributed by atoms with Crippen LogP contribution in [0.2, 0.25) is 0 Å². The minimum atomic E-state index is -2.17. The molecule has 0 saturated carbocycles. The molecular weight excluding hydrogens is 117 g/mol. The van der Waals surface area contributed by atoms with Gasteiger partial charge in [-0.05, 0) is 7.05 Å². The first-order valence-electron chi connectivity index (χ1n) is 1.72. The molecule has 0 amide bonds. The first-order chi connectivity index (χ1) is 3.27. The zero-order chi connectivity index (χ0) is 5.70. The fourth-order valence-electron chi connectivity index (χ4n) is 0.122. The summed E-state index contributed by atoms with van der Waals surface area (Å²) in [6.07, 6.45) is 0. The van der Waals surface area contributed by atoms with Crippen LogP contribution in [0.1, 0.15) is 0 Å². The van der Waals surface area contributed by atoms with Gasteiger partial charge >= 0.3 is 8.60 Å². The van der Waals surface area contributed by atoms with E-state index < -0.39 is 8.60 Å². The molecule has 0 bridgehead atoms. The lowest BCUT2D eigenvalue weighted by molar-refractivity contribution is 0.242. The van der Waals surface area contributed by atoms with Gasteiger partial charge in [-0.3, -0.25) is 9.84 Å². The van der Waals surface area contributed by atoms with Crippen molar-refractivity contribution < 1.29 is 14.3 Å². The summed E-state index contributed by atoms with van der Waals surface area (Å²) in [6, 6.07) is 0. The van der Waals surface area contributed by atoms with Crippen LogP contribution in [-0.2, 0) is 4.52 Å². The van der Waals surface area contributed by atoms with E-state index in [0.29, 0.717) is 0 Å². The molecule has 0 atom stereocenters. The Labute approximate surface area is 43.1 Å². The predicted octanol–water partition coefficient (Wildman–Crippen LogP) is -0.609. The van der Waals surface area contributed by atoms with Crippen LogP contribution < -0.4 is 5.32 Å². The van der Waals surface area contributed by atoms with E-state index in [9.17, 15) is 0 Å². The molecule has 0 spiro atoms. The van der Waals surface area contributed by atoms with Crippen LogP contribution in [-0.4, -0.2) is 23.6 Å². The van der Waals surface area contributed by atoms with E-state index in [2.05, 4.69) is 9.84 Å². The maximum Gasteiger partial charge on any atom is 0.328 e. The van der Waals surface area contributed by atoms with Crippen molar-refractivity contribution in [3.63, 3.8) is 0 Å². The van der Waals surface area contributed by atoms with E-state index in [1.807, 2.05) is 0 Å². The van der Waals surface area contributed by atoms with Crippen LogP contribution in [0.4, 0.5) is 0 Å². The molecule has 7 heavy (non-hydrogen) atoms. The number of hydrogen-bond acceptors (Lipinski definition) is 4.